The second-order valence-corrected chi connectivity index (χ2v) is 3.76. The molecule has 0 amide bonds. The first-order chi connectivity index (χ1) is 4.12. The molecule has 0 heterocycles. The Morgan fingerprint density at radius 3 is 2.44 bits per heavy atom. The lowest BCUT2D eigenvalue weighted by atomic mass is 10.6. The van der Waals surface area contributed by atoms with Crippen molar-refractivity contribution < 1.29 is 14.0 Å². The lowest BCUT2D eigenvalue weighted by Crippen LogP contribution is -1.92. The summed E-state index contributed by atoms with van der Waals surface area (Å²) in [6, 6.07) is 0. The van der Waals surface area contributed by atoms with Gasteiger partial charge in [0.15, 0.2) is 0 Å². The van der Waals surface area contributed by atoms with Crippen molar-refractivity contribution in [3.63, 3.8) is 0 Å². The lowest BCUT2D eigenvalue weighted by molar-refractivity contribution is 0.273. The van der Waals surface area contributed by atoms with E-state index < -0.39 is 7.60 Å². The fourth-order valence-electron chi connectivity index (χ4n) is 0.549. The summed E-state index contributed by atoms with van der Waals surface area (Å²) < 4.78 is 15.3. The van der Waals surface area contributed by atoms with Crippen molar-refractivity contribution in [1.82, 2.24) is 0 Å². The standard InChI is InChI=1S/C5H13O3P/c1-3-5-9(6,7)8-4-2/h3-5H2,1-2H3,(H,6,7). The maximum absolute atomic E-state index is 10.7. The first-order valence-electron chi connectivity index (χ1n) is 3.08. The number of hydrogen-bond acceptors (Lipinski definition) is 2. The van der Waals surface area contributed by atoms with Gasteiger partial charge in [-0.2, -0.15) is 0 Å². The molecule has 0 aliphatic heterocycles. The average molecular weight is 152 g/mol. The fourth-order valence-corrected chi connectivity index (χ4v) is 1.65. The van der Waals surface area contributed by atoms with Gasteiger partial charge in [-0.05, 0) is 13.3 Å². The van der Waals surface area contributed by atoms with Gasteiger partial charge in [0.1, 0.15) is 0 Å². The van der Waals surface area contributed by atoms with Crippen LogP contribution in [0.3, 0.4) is 0 Å². The highest BCUT2D eigenvalue weighted by Crippen LogP contribution is 2.41. The molecule has 0 bridgehead atoms. The topological polar surface area (TPSA) is 46.5 Å². The summed E-state index contributed by atoms with van der Waals surface area (Å²) in [6.07, 6.45) is 0.953. The van der Waals surface area contributed by atoms with Crippen LogP contribution < -0.4 is 0 Å². The van der Waals surface area contributed by atoms with Crippen molar-refractivity contribution in [2.24, 2.45) is 0 Å². The van der Waals surface area contributed by atoms with Gasteiger partial charge in [0.05, 0.1) is 6.61 Å². The zero-order valence-electron chi connectivity index (χ0n) is 5.83. The van der Waals surface area contributed by atoms with Crippen LogP contribution in [-0.4, -0.2) is 17.7 Å². The van der Waals surface area contributed by atoms with E-state index in [0.717, 1.165) is 0 Å². The zero-order valence-corrected chi connectivity index (χ0v) is 6.73. The molecule has 1 atom stereocenters. The molecule has 0 aromatic rings. The molecule has 0 saturated heterocycles. The summed E-state index contributed by atoms with van der Waals surface area (Å²) in [4.78, 5) is 8.85. The van der Waals surface area contributed by atoms with E-state index in [-0.39, 0.29) is 6.16 Å². The van der Waals surface area contributed by atoms with Crippen molar-refractivity contribution in [2.45, 2.75) is 20.3 Å². The second-order valence-electron chi connectivity index (χ2n) is 1.78. The molecule has 56 valence electrons. The Bertz CT molecular complexity index is 103. The van der Waals surface area contributed by atoms with E-state index in [4.69, 9.17) is 4.89 Å². The SMILES string of the molecule is CCCP(=O)(O)OCC. The molecule has 0 aromatic carbocycles. The third kappa shape index (κ3) is 4.64. The van der Waals surface area contributed by atoms with Gasteiger partial charge in [-0.25, -0.2) is 0 Å². The number of hydrogen-bond donors (Lipinski definition) is 1. The van der Waals surface area contributed by atoms with Gasteiger partial charge in [-0.3, -0.25) is 4.57 Å². The van der Waals surface area contributed by atoms with Gasteiger partial charge in [-0.15, -0.1) is 0 Å². The molecular formula is C5H13O3P. The minimum atomic E-state index is -3.19. The Morgan fingerprint density at radius 2 is 2.11 bits per heavy atom. The van der Waals surface area contributed by atoms with Crippen LogP contribution in [0.25, 0.3) is 0 Å². The van der Waals surface area contributed by atoms with Gasteiger partial charge in [0, 0.05) is 6.16 Å². The van der Waals surface area contributed by atoms with Crippen molar-refractivity contribution in [3.05, 3.63) is 0 Å². The predicted octanol–water partition coefficient (Wildman–Crippen LogP) is 1.62. The molecule has 0 aromatic heterocycles. The van der Waals surface area contributed by atoms with Gasteiger partial charge in [0.2, 0.25) is 0 Å². The molecule has 0 saturated carbocycles. The van der Waals surface area contributed by atoms with E-state index in [0.29, 0.717) is 13.0 Å². The van der Waals surface area contributed by atoms with Crippen molar-refractivity contribution in [3.8, 4) is 0 Å². The van der Waals surface area contributed by atoms with Crippen LogP contribution in [0.2, 0.25) is 0 Å². The van der Waals surface area contributed by atoms with Gasteiger partial charge >= 0.3 is 7.60 Å². The summed E-state index contributed by atoms with van der Waals surface area (Å²) >= 11 is 0. The third-order valence-corrected chi connectivity index (χ3v) is 2.51. The molecule has 0 aliphatic rings. The normalized spacial score (nSPS) is 17.2. The van der Waals surface area contributed by atoms with Gasteiger partial charge in [-0.1, -0.05) is 6.92 Å². The molecule has 0 fully saturated rings. The smallest absolute Gasteiger partial charge is 0.324 e. The van der Waals surface area contributed by atoms with Crippen LogP contribution in [0.15, 0.2) is 0 Å². The Morgan fingerprint density at radius 1 is 1.56 bits per heavy atom. The number of rotatable bonds is 4. The van der Waals surface area contributed by atoms with Gasteiger partial charge < -0.3 is 9.42 Å². The van der Waals surface area contributed by atoms with E-state index in [1.54, 1.807) is 6.92 Å². The van der Waals surface area contributed by atoms with Crippen LogP contribution in [0.5, 0.6) is 0 Å². The third-order valence-electron chi connectivity index (χ3n) is 0.837. The highest BCUT2D eigenvalue weighted by Gasteiger charge is 2.15. The molecule has 0 rings (SSSR count). The van der Waals surface area contributed by atoms with Crippen LogP contribution in [0.1, 0.15) is 20.3 Å². The molecule has 0 spiro atoms. The molecule has 0 radical (unpaired) electrons. The summed E-state index contributed by atoms with van der Waals surface area (Å²) in [6.45, 7) is 3.87. The Balaban J connectivity index is 3.58. The quantitative estimate of drug-likeness (QED) is 0.622. The molecule has 1 N–H and O–H groups in total. The van der Waals surface area contributed by atoms with Crippen molar-refractivity contribution in [2.75, 3.05) is 12.8 Å². The van der Waals surface area contributed by atoms with E-state index in [2.05, 4.69) is 4.52 Å². The van der Waals surface area contributed by atoms with E-state index >= 15 is 0 Å². The van der Waals surface area contributed by atoms with E-state index in [1.807, 2.05) is 6.92 Å². The van der Waals surface area contributed by atoms with Crippen LogP contribution in [0.4, 0.5) is 0 Å². The lowest BCUT2D eigenvalue weighted by Gasteiger charge is -2.07. The first-order valence-corrected chi connectivity index (χ1v) is 4.85. The molecule has 1 unspecified atom stereocenters. The summed E-state index contributed by atoms with van der Waals surface area (Å²) in [5.74, 6) is 0. The Kier molecular flexibility index (Phi) is 4.11. The predicted molar refractivity (Wildman–Crippen MR) is 36.6 cm³/mol. The summed E-state index contributed by atoms with van der Waals surface area (Å²) in [5, 5.41) is 0. The first kappa shape index (κ1) is 9.15. The van der Waals surface area contributed by atoms with Gasteiger partial charge in [0.25, 0.3) is 0 Å². The molecule has 3 nitrogen and oxygen atoms in total. The minimum absolute atomic E-state index is 0.265. The Hall–Kier alpha value is 0.150. The second kappa shape index (κ2) is 4.04. The zero-order chi connectivity index (χ0) is 7.33. The van der Waals surface area contributed by atoms with Crippen molar-refractivity contribution >= 4 is 7.60 Å². The highest BCUT2D eigenvalue weighted by molar-refractivity contribution is 7.52. The molecule has 4 heteroatoms. The van der Waals surface area contributed by atoms with E-state index in [9.17, 15) is 4.57 Å². The van der Waals surface area contributed by atoms with Crippen LogP contribution >= 0.6 is 7.60 Å². The molecule has 9 heavy (non-hydrogen) atoms. The summed E-state index contributed by atoms with van der Waals surface area (Å²) in [7, 11) is -3.19. The molecular weight excluding hydrogens is 139 g/mol. The largest absolute Gasteiger partial charge is 0.328 e. The van der Waals surface area contributed by atoms with Crippen LogP contribution in [-0.2, 0) is 9.09 Å². The van der Waals surface area contributed by atoms with Crippen LogP contribution in [0, 0.1) is 0 Å². The monoisotopic (exact) mass is 152 g/mol. The van der Waals surface area contributed by atoms with Crippen molar-refractivity contribution in [1.29, 1.82) is 0 Å². The highest BCUT2D eigenvalue weighted by atomic mass is 31.2. The maximum atomic E-state index is 10.7. The van der Waals surface area contributed by atoms with E-state index in [1.165, 1.54) is 0 Å². The summed E-state index contributed by atoms with van der Waals surface area (Å²) in [5.41, 5.74) is 0. The Labute approximate surface area is 55.6 Å². The molecule has 0 aliphatic carbocycles. The minimum Gasteiger partial charge on any atom is -0.324 e. The fraction of sp³-hybridized carbons (Fsp3) is 1.00. The average Bonchev–Trinajstić information content (AvgIpc) is 1.64. The maximum Gasteiger partial charge on any atom is 0.328 e.